The highest BCUT2D eigenvalue weighted by molar-refractivity contribution is 7.99. The third-order valence-electron chi connectivity index (χ3n) is 3.76. The summed E-state index contributed by atoms with van der Waals surface area (Å²) in [6, 6.07) is -0.720. The van der Waals surface area contributed by atoms with Crippen LogP contribution in [0.5, 0.6) is 0 Å². The van der Waals surface area contributed by atoms with Crippen LogP contribution in [0.3, 0.4) is 0 Å². The highest BCUT2D eigenvalue weighted by Crippen LogP contribution is 2.13. The second-order valence-electron chi connectivity index (χ2n) is 6.73. The Balaban J connectivity index is 4.14. The van der Waals surface area contributed by atoms with Crippen molar-refractivity contribution in [3.8, 4) is 0 Å². The van der Waals surface area contributed by atoms with E-state index in [4.69, 9.17) is 5.21 Å². The number of carbonyl (C=O) groups excluding carboxylic acids is 2. The zero-order valence-electron chi connectivity index (χ0n) is 16.7. The predicted molar refractivity (Wildman–Crippen MR) is 110 cm³/mol. The minimum Gasteiger partial charge on any atom is -0.344 e. The first-order chi connectivity index (χ1) is 12.3. The first-order valence-electron chi connectivity index (χ1n) is 8.99. The Morgan fingerprint density at radius 3 is 2.08 bits per heavy atom. The number of nitrogens with one attached hydrogen (secondary N) is 2. The number of allylic oxidation sites excluding steroid dienone is 5. The fraction of sp³-hybridized carbons (Fsp3) is 0.600. The second kappa shape index (κ2) is 14.6. The van der Waals surface area contributed by atoms with E-state index in [1.807, 2.05) is 0 Å². The zero-order chi connectivity index (χ0) is 19.9. The monoisotopic (exact) mass is 382 g/mol. The van der Waals surface area contributed by atoms with Gasteiger partial charge in [0.2, 0.25) is 5.91 Å². The summed E-state index contributed by atoms with van der Waals surface area (Å²) in [5, 5.41) is 11.2. The molecule has 2 amide bonds. The van der Waals surface area contributed by atoms with Gasteiger partial charge in [-0.1, -0.05) is 34.9 Å². The molecule has 6 heteroatoms. The molecule has 0 saturated heterocycles. The average molecular weight is 383 g/mol. The molecule has 0 aromatic carbocycles. The smallest absolute Gasteiger partial charge is 0.266 e. The number of hydrogen-bond acceptors (Lipinski definition) is 4. The van der Waals surface area contributed by atoms with Crippen molar-refractivity contribution in [1.82, 2.24) is 10.8 Å². The predicted octanol–water partition coefficient (Wildman–Crippen LogP) is 4.15. The molecule has 0 bridgehead atoms. The van der Waals surface area contributed by atoms with Gasteiger partial charge in [0, 0.05) is 18.4 Å². The first kappa shape index (κ1) is 24.5. The summed E-state index contributed by atoms with van der Waals surface area (Å²) in [6.45, 7) is 9.89. The molecule has 0 fully saturated rings. The Labute approximate surface area is 162 Å². The standard InChI is InChI=1S/C20H34N2O3S/c1-15(2)8-6-9-16(3)10-7-11-17(4)12-13-26-14-19(20(24)22-25)21-18(5)23/h8,10,12,19,25H,6-7,9,11,13-14H2,1-5H3,(H,21,23)(H,22,24)/t19-/m0/s1. The molecule has 5 nitrogen and oxygen atoms in total. The fourth-order valence-electron chi connectivity index (χ4n) is 2.23. The largest absolute Gasteiger partial charge is 0.344 e. The molecule has 0 aromatic rings. The van der Waals surface area contributed by atoms with Crippen LogP contribution in [0.1, 0.15) is 60.3 Å². The molecular weight excluding hydrogens is 348 g/mol. The third kappa shape index (κ3) is 13.7. The summed E-state index contributed by atoms with van der Waals surface area (Å²) in [5.41, 5.74) is 5.70. The maximum Gasteiger partial charge on any atom is 0.266 e. The molecular formula is C20H34N2O3S. The molecule has 0 heterocycles. The summed E-state index contributed by atoms with van der Waals surface area (Å²) in [6.07, 6.45) is 11.0. The van der Waals surface area contributed by atoms with Crippen molar-refractivity contribution < 1.29 is 14.8 Å². The van der Waals surface area contributed by atoms with E-state index in [1.54, 1.807) is 17.2 Å². The van der Waals surface area contributed by atoms with Gasteiger partial charge in [-0.25, -0.2) is 5.48 Å². The van der Waals surface area contributed by atoms with Gasteiger partial charge in [0.15, 0.2) is 0 Å². The number of hydrogen-bond donors (Lipinski definition) is 3. The number of hydroxylamine groups is 1. The second-order valence-corrected chi connectivity index (χ2v) is 7.80. The van der Waals surface area contributed by atoms with Crippen molar-refractivity contribution in [2.45, 2.75) is 66.3 Å². The highest BCUT2D eigenvalue weighted by atomic mass is 32.2. The molecule has 0 aromatic heterocycles. The summed E-state index contributed by atoms with van der Waals surface area (Å²) in [4.78, 5) is 22.6. The molecule has 0 saturated carbocycles. The van der Waals surface area contributed by atoms with Gasteiger partial charge < -0.3 is 5.32 Å². The van der Waals surface area contributed by atoms with Crippen LogP contribution in [-0.4, -0.2) is 34.6 Å². The van der Waals surface area contributed by atoms with Crippen LogP contribution in [-0.2, 0) is 9.59 Å². The van der Waals surface area contributed by atoms with Gasteiger partial charge in [-0.15, -0.1) is 0 Å². The van der Waals surface area contributed by atoms with Crippen molar-refractivity contribution in [3.63, 3.8) is 0 Å². The minimum absolute atomic E-state index is 0.294. The molecule has 0 unspecified atom stereocenters. The Morgan fingerprint density at radius 2 is 1.54 bits per heavy atom. The van der Waals surface area contributed by atoms with Crippen molar-refractivity contribution in [1.29, 1.82) is 0 Å². The lowest BCUT2D eigenvalue weighted by atomic mass is 10.1. The van der Waals surface area contributed by atoms with Gasteiger partial charge in [-0.05, 0) is 53.4 Å². The lowest BCUT2D eigenvalue weighted by Crippen LogP contribution is -2.46. The van der Waals surface area contributed by atoms with E-state index in [0.717, 1.165) is 31.4 Å². The van der Waals surface area contributed by atoms with Gasteiger partial charge in [0.05, 0.1) is 0 Å². The van der Waals surface area contributed by atoms with Gasteiger partial charge in [0.25, 0.3) is 5.91 Å². The SMILES string of the molecule is CC(=O)N[C@@H](CSCC=C(C)CCC=C(C)CCC=C(C)C)C(=O)NO. The van der Waals surface area contributed by atoms with Crippen LogP contribution in [0.25, 0.3) is 0 Å². The number of carbonyl (C=O) groups is 2. The van der Waals surface area contributed by atoms with E-state index in [9.17, 15) is 9.59 Å². The van der Waals surface area contributed by atoms with E-state index in [-0.39, 0.29) is 5.91 Å². The van der Waals surface area contributed by atoms with Gasteiger partial charge in [0.1, 0.15) is 6.04 Å². The van der Waals surface area contributed by atoms with E-state index in [1.165, 1.54) is 23.6 Å². The van der Waals surface area contributed by atoms with Crippen LogP contribution in [0.4, 0.5) is 0 Å². The Bertz CT molecular complexity index is 535. The lowest BCUT2D eigenvalue weighted by Gasteiger charge is -2.14. The van der Waals surface area contributed by atoms with Crippen molar-refractivity contribution in [2.75, 3.05) is 11.5 Å². The normalized spacial score (nSPS) is 13.2. The minimum atomic E-state index is -0.720. The Morgan fingerprint density at radius 1 is 0.962 bits per heavy atom. The van der Waals surface area contributed by atoms with E-state index in [2.05, 4.69) is 51.2 Å². The van der Waals surface area contributed by atoms with E-state index < -0.39 is 11.9 Å². The van der Waals surface area contributed by atoms with Gasteiger partial charge in [-0.3, -0.25) is 14.8 Å². The summed E-state index contributed by atoms with van der Waals surface area (Å²) >= 11 is 1.54. The molecule has 0 aliphatic carbocycles. The lowest BCUT2D eigenvalue weighted by molar-refractivity contribution is -0.133. The molecule has 0 spiro atoms. The maximum atomic E-state index is 11.5. The van der Waals surface area contributed by atoms with Crippen LogP contribution in [0, 0.1) is 0 Å². The zero-order valence-corrected chi connectivity index (χ0v) is 17.5. The summed E-state index contributed by atoms with van der Waals surface area (Å²) < 4.78 is 0. The maximum absolute atomic E-state index is 11.5. The van der Waals surface area contributed by atoms with Crippen LogP contribution in [0.15, 0.2) is 34.9 Å². The average Bonchev–Trinajstić information content (AvgIpc) is 2.56. The van der Waals surface area contributed by atoms with Crippen LogP contribution in [0.2, 0.25) is 0 Å². The number of rotatable bonds is 12. The molecule has 26 heavy (non-hydrogen) atoms. The first-order valence-corrected chi connectivity index (χ1v) is 10.1. The molecule has 1 atom stereocenters. The van der Waals surface area contributed by atoms with Gasteiger partial charge in [-0.2, -0.15) is 11.8 Å². The number of thioether (sulfide) groups is 1. The highest BCUT2D eigenvalue weighted by Gasteiger charge is 2.18. The Kier molecular flexibility index (Phi) is 13.8. The van der Waals surface area contributed by atoms with E-state index >= 15 is 0 Å². The molecule has 0 radical (unpaired) electrons. The van der Waals surface area contributed by atoms with Crippen LogP contribution >= 0.6 is 11.8 Å². The van der Waals surface area contributed by atoms with E-state index in [0.29, 0.717) is 5.75 Å². The summed E-state index contributed by atoms with van der Waals surface area (Å²) in [7, 11) is 0. The molecule has 0 aliphatic heterocycles. The molecule has 0 aliphatic rings. The van der Waals surface area contributed by atoms with Gasteiger partial charge >= 0.3 is 0 Å². The molecule has 148 valence electrons. The Hall–Kier alpha value is -1.53. The molecule has 3 N–H and O–H groups in total. The third-order valence-corrected chi connectivity index (χ3v) is 4.73. The summed E-state index contributed by atoms with van der Waals surface area (Å²) in [5.74, 6) is 0.294. The topological polar surface area (TPSA) is 78.4 Å². The van der Waals surface area contributed by atoms with Crippen molar-refractivity contribution >= 4 is 23.6 Å². The van der Waals surface area contributed by atoms with Crippen LogP contribution < -0.4 is 10.8 Å². The van der Waals surface area contributed by atoms with Crippen molar-refractivity contribution in [3.05, 3.63) is 34.9 Å². The van der Waals surface area contributed by atoms with Crippen molar-refractivity contribution in [2.24, 2.45) is 0 Å². The number of amides is 2. The molecule has 0 rings (SSSR count). The quantitative estimate of drug-likeness (QED) is 0.205. The fourth-order valence-corrected chi connectivity index (χ4v) is 3.24.